The number of amides is 1. The van der Waals surface area contributed by atoms with Gasteiger partial charge in [0.25, 0.3) is 0 Å². The van der Waals surface area contributed by atoms with Crippen LogP contribution < -0.4 is 10.6 Å². The van der Waals surface area contributed by atoms with Crippen LogP contribution in [0.25, 0.3) is 0 Å². The van der Waals surface area contributed by atoms with E-state index in [2.05, 4.69) is 0 Å². The summed E-state index contributed by atoms with van der Waals surface area (Å²) in [4.78, 5) is 14.4. The van der Waals surface area contributed by atoms with Gasteiger partial charge < -0.3 is 10.6 Å². The van der Waals surface area contributed by atoms with Crippen LogP contribution in [0.2, 0.25) is 0 Å². The number of rotatable bonds is 4. The molecule has 0 saturated heterocycles. The van der Waals surface area contributed by atoms with Crippen molar-refractivity contribution in [2.45, 2.75) is 32.1 Å². The summed E-state index contributed by atoms with van der Waals surface area (Å²) in [5.41, 5.74) is 6.61. The number of hydrogen-bond donors (Lipinski definition) is 1. The van der Waals surface area contributed by atoms with Gasteiger partial charge in [-0.05, 0) is 25.0 Å². The lowest BCUT2D eigenvalue weighted by atomic mass is 9.88. The van der Waals surface area contributed by atoms with Gasteiger partial charge in [-0.2, -0.15) is 0 Å². The number of carbonyl (C=O) groups excluding carboxylic acids is 1. The van der Waals surface area contributed by atoms with Gasteiger partial charge in [0.2, 0.25) is 5.91 Å². The summed E-state index contributed by atoms with van der Waals surface area (Å²) in [7, 11) is 0. The topological polar surface area (TPSA) is 46.3 Å². The molecule has 3 heteroatoms. The van der Waals surface area contributed by atoms with E-state index in [0.29, 0.717) is 13.1 Å². The molecule has 98 valence electrons. The molecule has 3 nitrogen and oxygen atoms in total. The molecule has 1 amide bonds. The van der Waals surface area contributed by atoms with Crippen LogP contribution in [0.4, 0.5) is 5.69 Å². The fourth-order valence-electron chi connectivity index (χ4n) is 2.67. The highest BCUT2D eigenvalue weighted by Gasteiger charge is 2.26. The molecular formula is C15H22N2O. The number of hydrogen-bond acceptors (Lipinski definition) is 2. The first kappa shape index (κ1) is 13.1. The van der Waals surface area contributed by atoms with Gasteiger partial charge in [0, 0.05) is 24.7 Å². The Labute approximate surface area is 109 Å². The third-order valence-electron chi connectivity index (χ3n) is 3.64. The average molecular weight is 246 g/mol. The molecule has 1 aromatic carbocycles. The molecule has 0 atom stereocenters. The maximum atomic E-state index is 12.6. The Hall–Kier alpha value is -1.35. The lowest BCUT2D eigenvalue weighted by Crippen LogP contribution is -2.40. The minimum Gasteiger partial charge on any atom is -0.329 e. The standard InChI is InChI=1S/C15H22N2O/c16-11-12-17(14-9-5-2-6-10-14)15(18)13-7-3-1-4-8-13/h2,5-6,9-10,13H,1,3-4,7-8,11-12,16H2. The van der Waals surface area contributed by atoms with Crippen LogP contribution in [0.3, 0.4) is 0 Å². The highest BCUT2D eigenvalue weighted by atomic mass is 16.2. The van der Waals surface area contributed by atoms with E-state index < -0.39 is 0 Å². The van der Waals surface area contributed by atoms with Crippen LogP contribution in [0.1, 0.15) is 32.1 Å². The number of anilines is 1. The van der Waals surface area contributed by atoms with Gasteiger partial charge in [-0.1, -0.05) is 37.5 Å². The van der Waals surface area contributed by atoms with Crippen LogP contribution in [-0.2, 0) is 4.79 Å². The summed E-state index contributed by atoms with van der Waals surface area (Å²) >= 11 is 0. The molecule has 2 N–H and O–H groups in total. The Kier molecular flexibility index (Phi) is 4.76. The molecule has 0 radical (unpaired) electrons. The van der Waals surface area contributed by atoms with E-state index in [-0.39, 0.29) is 11.8 Å². The molecule has 1 fully saturated rings. The second kappa shape index (κ2) is 6.55. The predicted molar refractivity (Wildman–Crippen MR) is 74.4 cm³/mol. The fraction of sp³-hybridized carbons (Fsp3) is 0.533. The predicted octanol–water partition coefficient (Wildman–Crippen LogP) is 2.56. The monoisotopic (exact) mass is 246 g/mol. The Morgan fingerprint density at radius 1 is 1.17 bits per heavy atom. The highest BCUT2D eigenvalue weighted by Crippen LogP contribution is 2.27. The minimum atomic E-state index is 0.200. The number of carbonyl (C=O) groups is 1. The molecule has 0 heterocycles. The van der Waals surface area contributed by atoms with Crippen LogP contribution in [0.15, 0.2) is 30.3 Å². The van der Waals surface area contributed by atoms with Crippen molar-refractivity contribution < 1.29 is 4.79 Å². The minimum absolute atomic E-state index is 0.200. The van der Waals surface area contributed by atoms with Gasteiger partial charge in [0.05, 0.1) is 0 Å². The van der Waals surface area contributed by atoms with Gasteiger partial charge in [0.1, 0.15) is 0 Å². The summed E-state index contributed by atoms with van der Waals surface area (Å²) in [6.07, 6.45) is 5.70. The van der Waals surface area contributed by atoms with Gasteiger partial charge in [-0.3, -0.25) is 4.79 Å². The second-order valence-electron chi connectivity index (χ2n) is 4.95. The molecule has 2 rings (SSSR count). The SMILES string of the molecule is NCCN(C(=O)C1CCCCC1)c1ccccc1. The first-order chi connectivity index (χ1) is 8.83. The normalized spacial score (nSPS) is 16.5. The lowest BCUT2D eigenvalue weighted by Gasteiger charge is -2.29. The van der Waals surface area contributed by atoms with Crippen molar-refractivity contribution in [2.24, 2.45) is 11.7 Å². The largest absolute Gasteiger partial charge is 0.329 e. The summed E-state index contributed by atoms with van der Waals surface area (Å²) in [6.45, 7) is 1.12. The maximum Gasteiger partial charge on any atom is 0.230 e. The molecule has 0 aliphatic heterocycles. The smallest absolute Gasteiger partial charge is 0.230 e. The number of benzene rings is 1. The Morgan fingerprint density at radius 3 is 2.44 bits per heavy atom. The Balaban J connectivity index is 2.11. The zero-order valence-electron chi connectivity index (χ0n) is 10.8. The van der Waals surface area contributed by atoms with Gasteiger partial charge in [0.15, 0.2) is 0 Å². The third-order valence-corrected chi connectivity index (χ3v) is 3.64. The zero-order valence-corrected chi connectivity index (χ0v) is 10.8. The van der Waals surface area contributed by atoms with Crippen molar-refractivity contribution in [1.82, 2.24) is 0 Å². The van der Waals surface area contributed by atoms with E-state index in [1.165, 1.54) is 19.3 Å². The van der Waals surface area contributed by atoms with Gasteiger partial charge >= 0.3 is 0 Å². The summed E-state index contributed by atoms with van der Waals surface area (Å²) in [6, 6.07) is 9.86. The first-order valence-electron chi connectivity index (χ1n) is 6.89. The van der Waals surface area contributed by atoms with E-state index in [4.69, 9.17) is 5.73 Å². The quantitative estimate of drug-likeness (QED) is 0.887. The average Bonchev–Trinajstić information content (AvgIpc) is 2.46. The number of nitrogens with two attached hydrogens (primary N) is 1. The molecule has 1 aliphatic carbocycles. The summed E-state index contributed by atoms with van der Waals surface area (Å²) in [5.74, 6) is 0.455. The first-order valence-corrected chi connectivity index (χ1v) is 6.89. The van der Waals surface area contributed by atoms with Gasteiger partial charge in [-0.25, -0.2) is 0 Å². The van der Waals surface area contributed by atoms with E-state index in [9.17, 15) is 4.79 Å². The Morgan fingerprint density at radius 2 is 1.83 bits per heavy atom. The van der Waals surface area contributed by atoms with Crippen molar-refractivity contribution >= 4 is 11.6 Å². The molecule has 0 unspecified atom stereocenters. The van der Waals surface area contributed by atoms with Crippen molar-refractivity contribution in [2.75, 3.05) is 18.0 Å². The lowest BCUT2D eigenvalue weighted by molar-refractivity contribution is -0.123. The molecule has 0 bridgehead atoms. The summed E-state index contributed by atoms with van der Waals surface area (Å²) in [5, 5.41) is 0. The maximum absolute atomic E-state index is 12.6. The van der Waals surface area contributed by atoms with E-state index in [1.54, 1.807) is 0 Å². The number of nitrogens with zero attached hydrogens (tertiary/aromatic N) is 1. The second-order valence-corrected chi connectivity index (χ2v) is 4.95. The molecule has 0 aromatic heterocycles. The van der Waals surface area contributed by atoms with Crippen molar-refractivity contribution in [3.63, 3.8) is 0 Å². The Bertz CT molecular complexity index is 371. The summed E-state index contributed by atoms with van der Waals surface area (Å²) < 4.78 is 0. The fourth-order valence-corrected chi connectivity index (χ4v) is 2.67. The van der Waals surface area contributed by atoms with Crippen molar-refractivity contribution in [3.8, 4) is 0 Å². The highest BCUT2D eigenvalue weighted by molar-refractivity contribution is 5.95. The van der Waals surface area contributed by atoms with Crippen LogP contribution in [0.5, 0.6) is 0 Å². The molecule has 1 aliphatic rings. The number of para-hydroxylation sites is 1. The third kappa shape index (κ3) is 3.10. The van der Waals surface area contributed by atoms with E-state index >= 15 is 0 Å². The van der Waals surface area contributed by atoms with Crippen molar-refractivity contribution in [3.05, 3.63) is 30.3 Å². The van der Waals surface area contributed by atoms with Crippen LogP contribution >= 0.6 is 0 Å². The zero-order chi connectivity index (χ0) is 12.8. The van der Waals surface area contributed by atoms with E-state index in [0.717, 1.165) is 18.5 Å². The molecule has 1 aromatic rings. The molecule has 0 spiro atoms. The molecule has 18 heavy (non-hydrogen) atoms. The van der Waals surface area contributed by atoms with Crippen molar-refractivity contribution in [1.29, 1.82) is 0 Å². The molecular weight excluding hydrogens is 224 g/mol. The van der Waals surface area contributed by atoms with Crippen LogP contribution in [0, 0.1) is 5.92 Å². The van der Waals surface area contributed by atoms with Gasteiger partial charge in [-0.15, -0.1) is 0 Å². The van der Waals surface area contributed by atoms with E-state index in [1.807, 2.05) is 35.2 Å². The van der Waals surface area contributed by atoms with Crippen LogP contribution in [-0.4, -0.2) is 19.0 Å². The molecule has 1 saturated carbocycles.